The summed E-state index contributed by atoms with van der Waals surface area (Å²) in [5, 5.41) is 5.98. The minimum Gasteiger partial charge on any atom is -0.217 e. The van der Waals surface area contributed by atoms with E-state index in [4.69, 9.17) is 10.1 Å². The summed E-state index contributed by atoms with van der Waals surface area (Å²) in [5.41, 5.74) is 3.27. The molecule has 0 aliphatic rings. The molecule has 1 aromatic carbocycles. The maximum Gasteiger partial charge on any atom is 0.212 e. The Balaban J connectivity index is 2.05. The van der Waals surface area contributed by atoms with E-state index in [0.717, 1.165) is 39.2 Å². The molecule has 0 aliphatic heterocycles. The number of aromatic nitrogens is 3. The van der Waals surface area contributed by atoms with E-state index < -0.39 is 0 Å². The van der Waals surface area contributed by atoms with Crippen molar-refractivity contribution in [1.29, 1.82) is 0 Å². The van der Waals surface area contributed by atoms with Crippen LogP contribution in [0.5, 0.6) is 0 Å². The van der Waals surface area contributed by atoms with Crippen LogP contribution in [-0.4, -0.2) is 14.6 Å². The first-order valence-corrected chi connectivity index (χ1v) is 8.87. The Bertz CT molecular complexity index is 754. The number of halogens is 1. The Morgan fingerprint density at radius 3 is 2.43 bits per heavy atom. The highest BCUT2D eigenvalue weighted by molar-refractivity contribution is 9.10. The highest BCUT2D eigenvalue weighted by Gasteiger charge is 2.18. The van der Waals surface area contributed by atoms with Crippen LogP contribution in [-0.2, 0) is 0 Å². The molecule has 0 spiro atoms. The first-order valence-electron chi connectivity index (χ1n) is 7.26. The minimum absolute atomic E-state index is 0.548. The zero-order valence-electron chi connectivity index (χ0n) is 12.4. The molecule has 21 heavy (non-hydrogen) atoms. The molecule has 0 fully saturated rings. The van der Waals surface area contributed by atoms with Gasteiger partial charge in [-0.1, -0.05) is 53.2 Å². The van der Waals surface area contributed by atoms with E-state index in [1.807, 2.05) is 16.6 Å². The Morgan fingerprint density at radius 2 is 1.86 bits per heavy atom. The van der Waals surface area contributed by atoms with Gasteiger partial charge in [0.25, 0.3) is 0 Å². The summed E-state index contributed by atoms with van der Waals surface area (Å²) >= 11 is 5.19. The monoisotopic (exact) mass is 363 g/mol. The van der Waals surface area contributed by atoms with Crippen molar-refractivity contribution in [1.82, 2.24) is 14.6 Å². The number of imidazole rings is 1. The van der Waals surface area contributed by atoms with Gasteiger partial charge in [0.2, 0.25) is 4.96 Å². The van der Waals surface area contributed by atoms with Crippen molar-refractivity contribution in [2.24, 2.45) is 0 Å². The molecule has 2 aromatic heterocycles. The topological polar surface area (TPSA) is 30.2 Å². The summed E-state index contributed by atoms with van der Waals surface area (Å²) in [6, 6.07) is 8.27. The number of aryl methyl sites for hydroxylation is 1. The van der Waals surface area contributed by atoms with Crippen molar-refractivity contribution in [3.8, 4) is 11.3 Å². The molecule has 0 aliphatic carbocycles. The Hall–Kier alpha value is -1.20. The van der Waals surface area contributed by atoms with Gasteiger partial charge in [0.15, 0.2) is 0 Å². The normalized spacial score (nSPS) is 11.7. The second-order valence-corrected chi connectivity index (χ2v) is 7.10. The van der Waals surface area contributed by atoms with E-state index >= 15 is 0 Å². The van der Waals surface area contributed by atoms with E-state index in [0.29, 0.717) is 5.92 Å². The summed E-state index contributed by atoms with van der Waals surface area (Å²) in [4.78, 5) is 5.78. The van der Waals surface area contributed by atoms with Gasteiger partial charge in [0.05, 0.1) is 11.4 Å². The van der Waals surface area contributed by atoms with Crippen molar-refractivity contribution < 1.29 is 0 Å². The van der Waals surface area contributed by atoms with Crippen molar-refractivity contribution in [2.45, 2.75) is 39.5 Å². The third-order valence-electron chi connectivity index (χ3n) is 3.90. The highest BCUT2D eigenvalue weighted by Crippen LogP contribution is 2.31. The number of hydrogen-bond donors (Lipinski definition) is 0. The van der Waals surface area contributed by atoms with Gasteiger partial charge < -0.3 is 0 Å². The van der Waals surface area contributed by atoms with Crippen LogP contribution in [0, 0.1) is 6.92 Å². The quantitative estimate of drug-likeness (QED) is 0.618. The van der Waals surface area contributed by atoms with Crippen LogP contribution in [0.2, 0.25) is 0 Å². The number of benzene rings is 1. The van der Waals surface area contributed by atoms with Gasteiger partial charge in [0.1, 0.15) is 5.01 Å². The molecule has 0 saturated carbocycles. The molecule has 0 unspecified atom stereocenters. The van der Waals surface area contributed by atoms with Crippen LogP contribution in [0.25, 0.3) is 16.2 Å². The van der Waals surface area contributed by atoms with Gasteiger partial charge in [-0.15, -0.1) is 0 Å². The maximum atomic E-state index is 4.79. The van der Waals surface area contributed by atoms with Gasteiger partial charge in [-0.3, -0.25) is 0 Å². The van der Waals surface area contributed by atoms with Gasteiger partial charge in [-0.05, 0) is 31.9 Å². The van der Waals surface area contributed by atoms with Gasteiger partial charge in [-0.2, -0.15) is 5.10 Å². The average molecular weight is 364 g/mol. The fraction of sp³-hybridized carbons (Fsp3) is 0.375. The molecule has 3 aromatic rings. The molecule has 0 saturated heterocycles. The Kier molecular flexibility index (Phi) is 4.13. The molecule has 0 bridgehead atoms. The predicted octanol–water partition coefficient (Wildman–Crippen LogP) is 5.43. The van der Waals surface area contributed by atoms with E-state index in [1.165, 1.54) is 5.01 Å². The summed E-state index contributed by atoms with van der Waals surface area (Å²) in [5.74, 6) is 0.548. The van der Waals surface area contributed by atoms with Crippen molar-refractivity contribution >= 4 is 32.2 Å². The fourth-order valence-corrected chi connectivity index (χ4v) is 4.02. The first kappa shape index (κ1) is 14.7. The second kappa shape index (κ2) is 5.89. The lowest BCUT2D eigenvalue weighted by Gasteiger charge is -2.06. The molecule has 0 N–H and O–H groups in total. The third-order valence-corrected chi connectivity index (χ3v) is 5.50. The van der Waals surface area contributed by atoms with Crippen molar-refractivity contribution in [3.05, 3.63) is 39.4 Å². The van der Waals surface area contributed by atoms with Gasteiger partial charge >= 0.3 is 0 Å². The van der Waals surface area contributed by atoms with Crippen LogP contribution >= 0.6 is 27.3 Å². The van der Waals surface area contributed by atoms with Crippen LogP contribution < -0.4 is 0 Å². The summed E-state index contributed by atoms with van der Waals surface area (Å²) in [6.07, 6.45) is 2.26. The predicted molar refractivity (Wildman–Crippen MR) is 92.1 cm³/mol. The molecule has 0 amide bonds. The summed E-state index contributed by atoms with van der Waals surface area (Å²) in [7, 11) is 0. The smallest absolute Gasteiger partial charge is 0.212 e. The van der Waals surface area contributed by atoms with E-state index in [1.54, 1.807) is 11.3 Å². The SMILES string of the molecule is CCC(CC)c1nn2c(C)c(-c3ccc(Br)cc3)nc2s1. The maximum absolute atomic E-state index is 4.79. The van der Waals surface area contributed by atoms with Crippen LogP contribution in [0.1, 0.15) is 43.3 Å². The van der Waals surface area contributed by atoms with Crippen LogP contribution in [0.15, 0.2) is 28.7 Å². The van der Waals surface area contributed by atoms with E-state index in [9.17, 15) is 0 Å². The standard InChI is InChI=1S/C16H18BrN3S/c1-4-11(5-2)15-19-20-10(3)14(18-16(20)21-15)12-6-8-13(17)9-7-12/h6-9,11H,4-5H2,1-3H3. The minimum atomic E-state index is 0.548. The zero-order valence-corrected chi connectivity index (χ0v) is 14.8. The first-order chi connectivity index (χ1) is 10.1. The molecular weight excluding hydrogens is 346 g/mol. The summed E-state index contributed by atoms with van der Waals surface area (Å²) < 4.78 is 3.08. The lowest BCUT2D eigenvalue weighted by atomic mass is 10.1. The molecular formula is C16H18BrN3S. The molecule has 0 atom stereocenters. The zero-order chi connectivity index (χ0) is 15.0. The molecule has 0 radical (unpaired) electrons. The highest BCUT2D eigenvalue weighted by atomic mass is 79.9. The summed E-state index contributed by atoms with van der Waals surface area (Å²) in [6.45, 7) is 6.53. The van der Waals surface area contributed by atoms with Crippen LogP contribution in [0.4, 0.5) is 0 Å². The largest absolute Gasteiger partial charge is 0.217 e. The molecule has 2 heterocycles. The Morgan fingerprint density at radius 1 is 1.19 bits per heavy atom. The number of nitrogens with zero attached hydrogens (tertiary/aromatic N) is 3. The van der Waals surface area contributed by atoms with Gasteiger partial charge in [-0.25, -0.2) is 9.50 Å². The lowest BCUT2D eigenvalue weighted by Crippen LogP contribution is -1.97. The van der Waals surface area contributed by atoms with Crippen molar-refractivity contribution in [2.75, 3.05) is 0 Å². The lowest BCUT2D eigenvalue weighted by molar-refractivity contribution is 0.624. The molecule has 3 rings (SSSR count). The third kappa shape index (κ3) is 2.64. The molecule has 110 valence electrons. The number of fused-ring (bicyclic) bond motifs is 1. The molecule has 3 nitrogen and oxygen atoms in total. The van der Waals surface area contributed by atoms with E-state index in [2.05, 4.69) is 48.8 Å². The molecule has 5 heteroatoms. The van der Waals surface area contributed by atoms with E-state index in [-0.39, 0.29) is 0 Å². The second-order valence-electron chi connectivity index (χ2n) is 5.20. The number of hydrogen-bond acceptors (Lipinski definition) is 3. The van der Waals surface area contributed by atoms with Gasteiger partial charge in [0, 0.05) is 16.0 Å². The fourth-order valence-electron chi connectivity index (χ4n) is 2.55. The number of rotatable bonds is 4. The van der Waals surface area contributed by atoms with Crippen molar-refractivity contribution in [3.63, 3.8) is 0 Å². The Labute approximate surface area is 137 Å². The average Bonchev–Trinajstić information content (AvgIpc) is 3.02. The van der Waals surface area contributed by atoms with Crippen LogP contribution in [0.3, 0.4) is 0 Å².